The van der Waals surface area contributed by atoms with Crippen molar-refractivity contribution < 1.29 is 24.0 Å². The maximum absolute atomic E-state index is 12.1. The third kappa shape index (κ3) is 3.97. The fraction of sp³-hybridized carbons (Fsp3) is 0.467. The van der Waals surface area contributed by atoms with Crippen LogP contribution >= 0.6 is 11.6 Å². The van der Waals surface area contributed by atoms with E-state index in [0.717, 1.165) is 0 Å². The molecule has 1 aliphatic rings. The SMILES string of the molecule is CCCC(=O)NC1Cc2ccc(Cl)c(C(=O)OCC)c2OB1O. The number of ether oxygens (including phenoxy) is 1. The summed E-state index contributed by atoms with van der Waals surface area (Å²) in [5, 5.41) is 13.1. The van der Waals surface area contributed by atoms with E-state index in [9.17, 15) is 14.6 Å². The van der Waals surface area contributed by atoms with Gasteiger partial charge in [0.15, 0.2) is 0 Å². The number of hydrogen-bond acceptors (Lipinski definition) is 5. The minimum Gasteiger partial charge on any atom is -0.534 e. The Bertz CT molecular complexity index is 610. The number of nitrogens with one attached hydrogen (secondary N) is 1. The smallest absolute Gasteiger partial charge is 0.534 e. The van der Waals surface area contributed by atoms with Crippen molar-refractivity contribution in [3.63, 3.8) is 0 Å². The second-order valence-electron chi connectivity index (χ2n) is 5.27. The number of carbonyl (C=O) groups is 2. The van der Waals surface area contributed by atoms with E-state index in [2.05, 4.69) is 5.32 Å². The van der Waals surface area contributed by atoms with Crippen molar-refractivity contribution in [2.24, 2.45) is 0 Å². The van der Waals surface area contributed by atoms with Crippen LogP contribution in [-0.4, -0.2) is 36.6 Å². The molecule has 0 saturated heterocycles. The molecular formula is C15H19BClNO5. The maximum Gasteiger partial charge on any atom is 0.547 e. The molecule has 8 heteroatoms. The predicted octanol–water partition coefficient (Wildman–Crippen LogP) is 1.76. The fourth-order valence-electron chi connectivity index (χ4n) is 2.46. The molecule has 2 rings (SSSR count). The molecule has 1 heterocycles. The number of carbonyl (C=O) groups excluding carboxylic acids is 2. The summed E-state index contributed by atoms with van der Waals surface area (Å²) >= 11 is 6.07. The van der Waals surface area contributed by atoms with Gasteiger partial charge in [-0.2, -0.15) is 0 Å². The van der Waals surface area contributed by atoms with Gasteiger partial charge in [0.2, 0.25) is 5.91 Å². The number of fused-ring (bicyclic) bond motifs is 1. The van der Waals surface area contributed by atoms with E-state index in [-0.39, 0.29) is 28.8 Å². The first kappa shape index (κ1) is 17.6. The van der Waals surface area contributed by atoms with Crippen molar-refractivity contribution in [1.82, 2.24) is 5.32 Å². The van der Waals surface area contributed by atoms with E-state index < -0.39 is 19.0 Å². The monoisotopic (exact) mass is 339 g/mol. The van der Waals surface area contributed by atoms with E-state index in [1.54, 1.807) is 19.1 Å². The first-order valence-electron chi connectivity index (χ1n) is 7.60. The number of hydrogen-bond donors (Lipinski definition) is 2. The van der Waals surface area contributed by atoms with Crippen molar-refractivity contribution >= 4 is 30.6 Å². The van der Waals surface area contributed by atoms with Gasteiger partial charge in [-0.3, -0.25) is 4.79 Å². The van der Waals surface area contributed by atoms with Crippen molar-refractivity contribution in [2.45, 2.75) is 39.1 Å². The van der Waals surface area contributed by atoms with Crippen LogP contribution in [0.5, 0.6) is 5.75 Å². The lowest BCUT2D eigenvalue weighted by Gasteiger charge is -2.29. The van der Waals surface area contributed by atoms with E-state index in [4.69, 9.17) is 21.0 Å². The lowest BCUT2D eigenvalue weighted by Crippen LogP contribution is -2.53. The molecule has 0 bridgehead atoms. The highest BCUT2D eigenvalue weighted by Gasteiger charge is 2.38. The molecule has 1 amide bonds. The van der Waals surface area contributed by atoms with Crippen LogP contribution in [0.4, 0.5) is 0 Å². The van der Waals surface area contributed by atoms with Crippen LogP contribution in [0.2, 0.25) is 5.02 Å². The molecule has 6 nitrogen and oxygen atoms in total. The zero-order chi connectivity index (χ0) is 17.0. The van der Waals surface area contributed by atoms with Crippen LogP contribution in [0.3, 0.4) is 0 Å². The largest absolute Gasteiger partial charge is 0.547 e. The van der Waals surface area contributed by atoms with Gasteiger partial charge in [-0.05, 0) is 31.4 Å². The Morgan fingerprint density at radius 3 is 2.87 bits per heavy atom. The van der Waals surface area contributed by atoms with Crippen molar-refractivity contribution in [1.29, 1.82) is 0 Å². The van der Waals surface area contributed by atoms with Gasteiger partial charge in [0, 0.05) is 6.42 Å². The molecule has 1 unspecified atom stereocenters. The van der Waals surface area contributed by atoms with E-state index in [0.29, 0.717) is 24.8 Å². The molecule has 1 aromatic carbocycles. The molecule has 0 aromatic heterocycles. The van der Waals surface area contributed by atoms with Gasteiger partial charge in [0.05, 0.1) is 17.6 Å². The lowest BCUT2D eigenvalue weighted by molar-refractivity contribution is -0.121. The summed E-state index contributed by atoms with van der Waals surface area (Å²) in [6.45, 7) is 3.80. The normalized spacial score (nSPS) is 16.3. The first-order valence-corrected chi connectivity index (χ1v) is 7.98. The van der Waals surface area contributed by atoms with Gasteiger partial charge >= 0.3 is 13.1 Å². The summed E-state index contributed by atoms with van der Waals surface area (Å²) in [4.78, 5) is 23.8. The van der Waals surface area contributed by atoms with Crippen LogP contribution in [0, 0.1) is 0 Å². The minimum absolute atomic E-state index is 0.100. The third-order valence-electron chi connectivity index (χ3n) is 3.51. The van der Waals surface area contributed by atoms with Crippen LogP contribution in [-0.2, 0) is 16.0 Å². The molecule has 124 valence electrons. The molecular weight excluding hydrogens is 320 g/mol. The number of amides is 1. The fourth-order valence-corrected chi connectivity index (χ4v) is 2.69. The molecule has 0 aliphatic carbocycles. The summed E-state index contributed by atoms with van der Waals surface area (Å²) in [7, 11) is -1.25. The standard InChI is InChI=1S/C15H19BClNO5/c1-3-5-12(19)18-11-8-9-6-7-10(17)13(15(20)22-4-2)14(9)23-16(11)21/h6-7,11,21H,3-5,8H2,1-2H3,(H,18,19). The molecule has 1 atom stereocenters. The molecule has 23 heavy (non-hydrogen) atoms. The Morgan fingerprint density at radius 1 is 1.48 bits per heavy atom. The second-order valence-corrected chi connectivity index (χ2v) is 5.67. The number of benzene rings is 1. The third-order valence-corrected chi connectivity index (χ3v) is 3.83. The summed E-state index contributed by atoms with van der Waals surface area (Å²) in [6, 6.07) is 3.30. The van der Waals surface area contributed by atoms with Gasteiger partial charge in [-0.25, -0.2) is 4.79 Å². The quantitative estimate of drug-likeness (QED) is 0.631. The van der Waals surface area contributed by atoms with E-state index in [1.807, 2.05) is 6.92 Å². The average Bonchev–Trinajstić information content (AvgIpc) is 2.48. The zero-order valence-electron chi connectivity index (χ0n) is 13.1. The zero-order valence-corrected chi connectivity index (χ0v) is 13.9. The highest BCUT2D eigenvalue weighted by atomic mass is 35.5. The van der Waals surface area contributed by atoms with Crippen molar-refractivity contribution in [2.75, 3.05) is 6.61 Å². The molecule has 2 N–H and O–H groups in total. The van der Waals surface area contributed by atoms with E-state index >= 15 is 0 Å². The summed E-state index contributed by atoms with van der Waals surface area (Å²) in [5.74, 6) is -1.11. The lowest BCUT2D eigenvalue weighted by atomic mass is 9.72. The summed E-state index contributed by atoms with van der Waals surface area (Å²) in [5.41, 5.74) is 0.785. The maximum atomic E-state index is 12.1. The molecule has 0 spiro atoms. The van der Waals surface area contributed by atoms with Gasteiger partial charge in [0.1, 0.15) is 11.3 Å². The Labute approximate surface area is 140 Å². The molecule has 0 radical (unpaired) electrons. The van der Waals surface area contributed by atoms with Gasteiger partial charge < -0.3 is 19.7 Å². The Morgan fingerprint density at radius 2 is 2.22 bits per heavy atom. The predicted molar refractivity (Wildman–Crippen MR) is 86.6 cm³/mol. The van der Waals surface area contributed by atoms with Crippen LogP contribution in [0.1, 0.15) is 42.6 Å². The highest BCUT2D eigenvalue weighted by Crippen LogP contribution is 2.35. The topological polar surface area (TPSA) is 84.9 Å². The number of esters is 1. The number of rotatable bonds is 5. The Balaban J connectivity index is 2.26. The van der Waals surface area contributed by atoms with Crippen LogP contribution in [0.25, 0.3) is 0 Å². The number of halogens is 1. The summed E-state index contributed by atoms with van der Waals surface area (Å²) < 4.78 is 10.4. The van der Waals surface area contributed by atoms with Gasteiger partial charge in [0.25, 0.3) is 0 Å². The molecule has 0 fully saturated rings. The Hall–Kier alpha value is -1.73. The van der Waals surface area contributed by atoms with Gasteiger partial charge in [-0.15, -0.1) is 0 Å². The van der Waals surface area contributed by atoms with Gasteiger partial charge in [-0.1, -0.05) is 24.6 Å². The van der Waals surface area contributed by atoms with E-state index in [1.165, 1.54) is 0 Å². The van der Waals surface area contributed by atoms with Crippen LogP contribution in [0.15, 0.2) is 12.1 Å². The minimum atomic E-state index is -1.25. The average molecular weight is 340 g/mol. The first-order chi connectivity index (χ1) is 11.0. The van der Waals surface area contributed by atoms with Crippen molar-refractivity contribution in [3.8, 4) is 5.75 Å². The van der Waals surface area contributed by atoms with Crippen LogP contribution < -0.4 is 9.97 Å². The molecule has 0 saturated carbocycles. The molecule has 1 aromatic rings. The summed E-state index contributed by atoms with van der Waals surface area (Å²) in [6.07, 6.45) is 1.44. The highest BCUT2D eigenvalue weighted by molar-refractivity contribution is 6.47. The molecule has 1 aliphatic heterocycles. The Kier molecular flexibility index (Phi) is 5.90. The van der Waals surface area contributed by atoms with Crippen molar-refractivity contribution in [3.05, 3.63) is 28.3 Å². The second kappa shape index (κ2) is 7.70.